The van der Waals surface area contributed by atoms with Gasteiger partial charge in [0.15, 0.2) is 11.6 Å². The van der Waals surface area contributed by atoms with Gasteiger partial charge in [0, 0.05) is 20.2 Å². The van der Waals surface area contributed by atoms with Crippen molar-refractivity contribution in [3.8, 4) is 5.75 Å². The third kappa shape index (κ3) is 2.64. The van der Waals surface area contributed by atoms with E-state index in [-0.39, 0.29) is 5.60 Å². The van der Waals surface area contributed by atoms with Gasteiger partial charge in [-0.2, -0.15) is 0 Å². The summed E-state index contributed by atoms with van der Waals surface area (Å²) in [6.07, 6.45) is 3.68. The number of anilines is 2. The Bertz CT molecular complexity index is 405. The lowest BCUT2D eigenvalue weighted by Gasteiger charge is -2.24. The van der Waals surface area contributed by atoms with Crippen molar-refractivity contribution in [3.05, 3.63) is 6.33 Å². The minimum atomic E-state index is -0.115. The minimum absolute atomic E-state index is 0.115. The summed E-state index contributed by atoms with van der Waals surface area (Å²) in [5, 5.41) is 6.26. The zero-order chi connectivity index (χ0) is 13.0. The molecule has 2 rings (SSSR count). The summed E-state index contributed by atoms with van der Waals surface area (Å²) in [7, 11) is 3.41. The molecule has 2 N–H and O–H groups in total. The standard InChI is InChI=1S/C12H20N4O2/c1-12(5-4-6-18-12)7-14-11-9(17-3)10(13-2)15-8-16-11/h8H,4-7H2,1-3H3,(H2,13,14,15,16). The molecule has 1 aliphatic rings. The average molecular weight is 252 g/mol. The van der Waals surface area contributed by atoms with E-state index < -0.39 is 0 Å². The Morgan fingerprint density at radius 1 is 1.44 bits per heavy atom. The fourth-order valence-corrected chi connectivity index (χ4v) is 2.12. The van der Waals surface area contributed by atoms with Crippen LogP contribution in [0.4, 0.5) is 11.6 Å². The molecule has 1 saturated heterocycles. The lowest BCUT2D eigenvalue weighted by atomic mass is 10.0. The van der Waals surface area contributed by atoms with Gasteiger partial charge in [-0.15, -0.1) is 0 Å². The number of nitrogens with one attached hydrogen (secondary N) is 2. The van der Waals surface area contributed by atoms with Crippen molar-refractivity contribution in [1.29, 1.82) is 0 Å². The largest absolute Gasteiger partial charge is 0.490 e. The molecule has 0 saturated carbocycles. The van der Waals surface area contributed by atoms with Crippen LogP contribution in [0.15, 0.2) is 6.33 Å². The quantitative estimate of drug-likeness (QED) is 0.828. The van der Waals surface area contributed by atoms with Gasteiger partial charge in [0.05, 0.1) is 12.7 Å². The summed E-state index contributed by atoms with van der Waals surface area (Å²) in [4.78, 5) is 8.31. The van der Waals surface area contributed by atoms with Gasteiger partial charge in [0.25, 0.3) is 0 Å². The number of hydrogen-bond donors (Lipinski definition) is 2. The lowest BCUT2D eigenvalue weighted by molar-refractivity contribution is 0.0314. The first-order chi connectivity index (χ1) is 8.68. The first kappa shape index (κ1) is 12.9. The Morgan fingerprint density at radius 2 is 2.22 bits per heavy atom. The molecule has 0 aromatic carbocycles. The number of rotatable bonds is 5. The fourth-order valence-electron chi connectivity index (χ4n) is 2.12. The normalized spacial score (nSPS) is 22.8. The Morgan fingerprint density at radius 3 is 2.83 bits per heavy atom. The second-order valence-electron chi connectivity index (χ2n) is 4.61. The van der Waals surface area contributed by atoms with Crippen molar-refractivity contribution in [3.63, 3.8) is 0 Å². The minimum Gasteiger partial charge on any atom is -0.490 e. The zero-order valence-electron chi connectivity index (χ0n) is 11.1. The molecular weight excluding hydrogens is 232 g/mol. The maximum absolute atomic E-state index is 5.73. The van der Waals surface area contributed by atoms with E-state index >= 15 is 0 Å². The monoisotopic (exact) mass is 252 g/mol. The van der Waals surface area contributed by atoms with Crippen LogP contribution in [0.2, 0.25) is 0 Å². The van der Waals surface area contributed by atoms with Crippen LogP contribution >= 0.6 is 0 Å². The van der Waals surface area contributed by atoms with Crippen molar-refractivity contribution in [2.75, 3.05) is 37.9 Å². The fraction of sp³-hybridized carbons (Fsp3) is 0.667. The number of aromatic nitrogens is 2. The topological polar surface area (TPSA) is 68.3 Å². The molecule has 0 radical (unpaired) electrons. The highest BCUT2D eigenvalue weighted by molar-refractivity contribution is 5.63. The van der Waals surface area contributed by atoms with E-state index in [1.54, 1.807) is 14.2 Å². The molecule has 100 valence electrons. The van der Waals surface area contributed by atoms with E-state index in [2.05, 4.69) is 27.5 Å². The summed E-state index contributed by atoms with van der Waals surface area (Å²) in [6.45, 7) is 3.66. The second-order valence-corrected chi connectivity index (χ2v) is 4.61. The molecule has 0 bridgehead atoms. The molecule has 1 fully saturated rings. The molecule has 1 aliphatic heterocycles. The van der Waals surface area contributed by atoms with Crippen molar-refractivity contribution >= 4 is 11.6 Å². The number of hydrogen-bond acceptors (Lipinski definition) is 6. The van der Waals surface area contributed by atoms with Crippen molar-refractivity contribution < 1.29 is 9.47 Å². The summed E-state index contributed by atoms with van der Waals surface area (Å²) in [6, 6.07) is 0. The average Bonchev–Trinajstić information content (AvgIpc) is 2.83. The van der Waals surface area contributed by atoms with Crippen LogP contribution < -0.4 is 15.4 Å². The molecule has 0 spiro atoms. The Balaban J connectivity index is 2.09. The Labute approximate surface area is 107 Å². The molecule has 0 aliphatic carbocycles. The van der Waals surface area contributed by atoms with Gasteiger partial charge in [-0.3, -0.25) is 0 Å². The molecule has 1 aromatic heterocycles. The Kier molecular flexibility index (Phi) is 3.86. The van der Waals surface area contributed by atoms with E-state index in [9.17, 15) is 0 Å². The molecule has 1 aromatic rings. The molecule has 1 atom stereocenters. The van der Waals surface area contributed by atoms with Gasteiger partial charge in [-0.1, -0.05) is 0 Å². The summed E-state index contributed by atoms with van der Waals surface area (Å²) < 4.78 is 11.1. The van der Waals surface area contributed by atoms with E-state index in [4.69, 9.17) is 9.47 Å². The van der Waals surface area contributed by atoms with E-state index in [0.717, 1.165) is 19.4 Å². The lowest BCUT2D eigenvalue weighted by Crippen LogP contribution is -2.32. The summed E-state index contributed by atoms with van der Waals surface area (Å²) in [5.74, 6) is 1.99. The van der Waals surface area contributed by atoms with Crippen LogP contribution in [0.3, 0.4) is 0 Å². The molecule has 6 nitrogen and oxygen atoms in total. The first-order valence-electron chi connectivity index (χ1n) is 6.13. The van der Waals surface area contributed by atoms with E-state index in [1.807, 2.05) is 0 Å². The SMILES string of the molecule is CNc1ncnc(NCC2(C)CCCO2)c1OC. The first-order valence-corrected chi connectivity index (χ1v) is 6.13. The molecule has 18 heavy (non-hydrogen) atoms. The second kappa shape index (κ2) is 5.39. The highest BCUT2D eigenvalue weighted by Crippen LogP contribution is 2.30. The van der Waals surface area contributed by atoms with Crippen molar-refractivity contribution in [2.45, 2.75) is 25.4 Å². The predicted octanol–water partition coefficient (Wildman–Crippen LogP) is 1.51. The van der Waals surface area contributed by atoms with E-state index in [1.165, 1.54) is 6.33 Å². The maximum Gasteiger partial charge on any atom is 0.204 e. The van der Waals surface area contributed by atoms with Crippen LogP contribution in [0.1, 0.15) is 19.8 Å². The molecule has 6 heteroatoms. The molecule has 0 amide bonds. The van der Waals surface area contributed by atoms with Gasteiger partial charge in [0.2, 0.25) is 5.75 Å². The molecular formula is C12H20N4O2. The van der Waals surface area contributed by atoms with Crippen LogP contribution in [-0.4, -0.2) is 42.9 Å². The van der Waals surface area contributed by atoms with Crippen molar-refractivity contribution in [1.82, 2.24) is 9.97 Å². The van der Waals surface area contributed by atoms with Crippen LogP contribution in [0.5, 0.6) is 5.75 Å². The van der Waals surface area contributed by atoms with Crippen LogP contribution in [-0.2, 0) is 4.74 Å². The summed E-state index contributed by atoms with van der Waals surface area (Å²) >= 11 is 0. The third-order valence-corrected chi connectivity index (χ3v) is 3.18. The van der Waals surface area contributed by atoms with Gasteiger partial charge >= 0.3 is 0 Å². The van der Waals surface area contributed by atoms with Crippen molar-refractivity contribution in [2.24, 2.45) is 0 Å². The number of nitrogens with zero attached hydrogens (tertiary/aromatic N) is 2. The Hall–Kier alpha value is -1.56. The number of methoxy groups -OCH3 is 1. The maximum atomic E-state index is 5.73. The third-order valence-electron chi connectivity index (χ3n) is 3.18. The smallest absolute Gasteiger partial charge is 0.204 e. The van der Waals surface area contributed by atoms with Gasteiger partial charge in [-0.05, 0) is 19.8 Å². The van der Waals surface area contributed by atoms with Gasteiger partial charge in [-0.25, -0.2) is 9.97 Å². The van der Waals surface area contributed by atoms with Crippen LogP contribution in [0, 0.1) is 0 Å². The molecule has 1 unspecified atom stereocenters. The predicted molar refractivity (Wildman–Crippen MR) is 70.2 cm³/mol. The number of ether oxygens (including phenoxy) is 2. The van der Waals surface area contributed by atoms with Gasteiger partial charge in [0.1, 0.15) is 6.33 Å². The van der Waals surface area contributed by atoms with Gasteiger partial charge < -0.3 is 20.1 Å². The van der Waals surface area contributed by atoms with E-state index in [0.29, 0.717) is 23.9 Å². The highest BCUT2D eigenvalue weighted by Gasteiger charge is 2.30. The van der Waals surface area contributed by atoms with Crippen LogP contribution in [0.25, 0.3) is 0 Å². The summed E-state index contributed by atoms with van der Waals surface area (Å²) in [5.41, 5.74) is -0.115. The highest BCUT2D eigenvalue weighted by atomic mass is 16.5. The zero-order valence-corrected chi connectivity index (χ0v) is 11.1. The molecule has 2 heterocycles.